The van der Waals surface area contributed by atoms with E-state index in [1.807, 2.05) is 0 Å². The standard InChI is InChI=1S/C14H11N3O4/c1-7(18)15-12-10-11(16-14(17-12)20-2)8-5-3-4-6-9(8)21-13(10)19/h3-6H,1-2H3,(H,15,16,17,18). The minimum Gasteiger partial charge on any atom is -0.467 e. The first-order valence-corrected chi connectivity index (χ1v) is 6.15. The van der Waals surface area contributed by atoms with Gasteiger partial charge in [0.05, 0.1) is 12.6 Å². The number of benzene rings is 1. The summed E-state index contributed by atoms with van der Waals surface area (Å²) in [5.74, 6) is -0.284. The largest absolute Gasteiger partial charge is 0.467 e. The number of rotatable bonds is 2. The molecule has 106 valence electrons. The van der Waals surface area contributed by atoms with Crippen LogP contribution in [0.25, 0.3) is 21.9 Å². The number of carbonyl (C=O) groups is 1. The van der Waals surface area contributed by atoms with Crippen molar-refractivity contribution in [2.24, 2.45) is 0 Å². The smallest absolute Gasteiger partial charge is 0.349 e. The van der Waals surface area contributed by atoms with E-state index in [0.29, 0.717) is 16.5 Å². The molecule has 3 aromatic rings. The number of methoxy groups -OCH3 is 1. The fourth-order valence-corrected chi connectivity index (χ4v) is 2.08. The van der Waals surface area contributed by atoms with Crippen LogP contribution in [0.2, 0.25) is 0 Å². The van der Waals surface area contributed by atoms with Gasteiger partial charge in [-0.25, -0.2) is 4.79 Å². The summed E-state index contributed by atoms with van der Waals surface area (Å²) in [5.41, 5.74) is 0.164. The second-order valence-electron chi connectivity index (χ2n) is 4.35. The molecule has 0 bridgehead atoms. The number of nitrogens with one attached hydrogen (secondary N) is 1. The van der Waals surface area contributed by atoms with Crippen LogP contribution in [0.1, 0.15) is 6.92 Å². The first-order valence-electron chi connectivity index (χ1n) is 6.15. The third-order valence-corrected chi connectivity index (χ3v) is 2.91. The predicted octanol–water partition coefficient (Wildman–Crippen LogP) is 1.70. The zero-order valence-corrected chi connectivity index (χ0v) is 11.3. The molecule has 1 amide bonds. The molecule has 0 radical (unpaired) electrons. The van der Waals surface area contributed by atoms with Crippen LogP contribution in [0, 0.1) is 0 Å². The van der Waals surface area contributed by atoms with E-state index in [0.717, 1.165) is 0 Å². The van der Waals surface area contributed by atoms with Gasteiger partial charge in [0.15, 0.2) is 5.82 Å². The molecule has 7 nitrogen and oxygen atoms in total. The van der Waals surface area contributed by atoms with E-state index in [4.69, 9.17) is 9.15 Å². The number of carbonyl (C=O) groups excluding carboxylic acids is 1. The normalized spacial score (nSPS) is 10.8. The van der Waals surface area contributed by atoms with Crippen LogP contribution in [0.5, 0.6) is 6.01 Å². The van der Waals surface area contributed by atoms with Crippen LogP contribution in [0.15, 0.2) is 33.5 Å². The topological polar surface area (TPSA) is 94.3 Å². The molecule has 0 fully saturated rings. The third kappa shape index (κ3) is 2.18. The minimum absolute atomic E-state index is 0.0574. The number of aromatic nitrogens is 2. The van der Waals surface area contributed by atoms with Crippen LogP contribution in [0.3, 0.4) is 0 Å². The second-order valence-corrected chi connectivity index (χ2v) is 4.35. The van der Waals surface area contributed by atoms with Crippen LogP contribution in [0.4, 0.5) is 5.82 Å². The highest BCUT2D eigenvalue weighted by Gasteiger charge is 2.17. The van der Waals surface area contributed by atoms with Gasteiger partial charge in [0, 0.05) is 12.3 Å². The monoisotopic (exact) mass is 285 g/mol. The van der Waals surface area contributed by atoms with Crippen LogP contribution < -0.4 is 15.7 Å². The van der Waals surface area contributed by atoms with Gasteiger partial charge in [0.25, 0.3) is 0 Å². The van der Waals surface area contributed by atoms with Gasteiger partial charge in [0.1, 0.15) is 11.0 Å². The molecule has 2 aromatic heterocycles. The average molecular weight is 285 g/mol. The van der Waals surface area contributed by atoms with E-state index in [9.17, 15) is 9.59 Å². The van der Waals surface area contributed by atoms with Gasteiger partial charge in [-0.05, 0) is 12.1 Å². The quantitative estimate of drug-likeness (QED) is 0.569. The molecule has 21 heavy (non-hydrogen) atoms. The summed E-state index contributed by atoms with van der Waals surface area (Å²) < 4.78 is 10.3. The first kappa shape index (κ1) is 13.0. The van der Waals surface area contributed by atoms with Gasteiger partial charge in [-0.15, -0.1) is 0 Å². The van der Waals surface area contributed by atoms with Gasteiger partial charge in [0.2, 0.25) is 5.91 Å². The molecule has 0 aliphatic rings. The number of ether oxygens (including phenoxy) is 1. The van der Waals surface area contributed by atoms with Crippen molar-refractivity contribution in [2.45, 2.75) is 6.92 Å². The lowest BCUT2D eigenvalue weighted by molar-refractivity contribution is -0.114. The lowest BCUT2D eigenvalue weighted by Crippen LogP contribution is -2.13. The molecule has 0 aliphatic carbocycles. The summed E-state index contributed by atoms with van der Waals surface area (Å²) in [5, 5.41) is 3.25. The van der Waals surface area contributed by atoms with E-state index in [2.05, 4.69) is 15.3 Å². The Bertz CT molecular complexity index is 917. The summed E-state index contributed by atoms with van der Waals surface area (Å²) in [4.78, 5) is 31.7. The van der Waals surface area contributed by atoms with Crippen molar-refractivity contribution in [3.8, 4) is 6.01 Å². The Hall–Kier alpha value is -2.96. The van der Waals surface area contributed by atoms with E-state index < -0.39 is 5.63 Å². The van der Waals surface area contributed by atoms with Crippen LogP contribution in [-0.4, -0.2) is 23.0 Å². The zero-order valence-electron chi connectivity index (χ0n) is 11.3. The number of para-hydroxylation sites is 1. The van der Waals surface area contributed by atoms with Crippen molar-refractivity contribution < 1.29 is 13.9 Å². The Balaban J connectivity index is 2.50. The van der Waals surface area contributed by atoms with Crippen molar-refractivity contribution in [3.63, 3.8) is 0 Å². The number of fused-ring (bicyclic) bond motifs is 3. The second kappa shape index (κ2) is 4.86. The molecule has 0 spiro atoms. The SMILES string of the molecule is COc1nc(NC(C)=O)c2c(=O)oc3ccccc3c2n1. The van der Waals surface area contributed by atoms with E-state index in [1.54, 1.807) is 24.3 Å². The minimum atomic E-state index is -0.616. The molecule has 0 aliphatic heterocycles. The van der Waals surface area contributed by atoms with Gasteiger partial charge in [-0.1, -0.05) is 12.1 Å². The summed E-state index contributed by atoms with van der Waals surface area (Å²) in [6, 6.07) is 7.05. The predicted molar refractivity (Wildman–Crippen MR) is 76.4 cm³/mol. The maximum atomic E-state index is 12.2. The fraction of sp³-hybridized carbons (Fsp3) is 0.143. The van der Waals surface area contributed by atoms with E-state index in [1.165, 1.54) is 14.0 Å². The summed E-state index contributed by atoms with van der Waals surface area (Å²) >= 11 is 0. The molecule has 0 saturated heterocycles. The van der Waals surface area contributed by atoms with Gasteiger partial charge >= 0.3 is 11.6 Å². The summed E-state index contributed by atoms with van der Waals surface area (Å²) in [6.07, 6.45) is 0. The van der Waals surface area contributed by atoms with Crippen molar-refractivity contribution in [1.29, 1.82) is 0 Å². The number of amides is 1. The van der Waals surface area contributed by atoms with E-state index in [-0.39, 0.29) is 23.1 Å². The molecular formula is C14H11N3O4. The highest BCUT2D eigenvalue weighted by atomic mass is 16.5. The molecule has 1 N–H and O–H groups in total. The van der Waals surface area contributed by atoms with Crippen LogP contribution in [-0.2, 0) is 4.79 Å². The number of hydrogen-bond acceptors (Lipinski definition) is 6. The van der Waals surface area contributed by atoms with Gasteiger partial charge < -0.3 is 14.5 Å². The maximum absolute atomic E-state index is 12.2. The molecule has 1 aromatic carbocycles. The van der Waals surface area contributed by atoms with Crippen LogP contribution >= 0.6 is 0 Å². The molecule has 7 heteroatoms. The Morgan fingerprint density at radius 3 is 2.76 bits per heavy atom. The molecule has 0 saturated carbocycles. The Morgan fingerprint density at radius 1 is 1.29 bits per heavy atom. The van der Waals surface area contributed by atoms with Crippen molar-refractivity contribution in [2.75, 3.05) is 12.4 Å². The Labute approximate surface area is 118 Å². The average Bonchev–Trinajstić information content (AvgIpc) is 2.46. The molecule has 0 atom stereocenters. The summed E-state index contributed by atoms with van der Waals surface area (Å²) in [6.45, 7) is 1.32. The molecule has 2 heterocycles. The molecule has 0 unspecified atom stereocenters. The highest BCUT2D eigenvalue weighted by molar-refractivity contribution is 6.07. The first-order chi connectivity index (χ1) is 10.1. The Kier molecular flexibility index (Phi) is 3.02. The molecule has 3 rings (SSSR count). The number of anilines is 1. The maximum Gasteiger partial charge on any atom is 0.349 e. The van der Waals surface area contributed by atoms with Crippen molar-refractivity contribution in [1.82, 2.24) is 9.97 Å². The zero-order chi connectivity index (χ0) is 15.0. The third-order valence-electron chi connectivity index (χ3n) is 2.91. The van der Waals surface area contributed by atoms with Gasteiger partial charge in [-0.3, -0.25) is 4.79 Å². The lowest BCUT2D eigenvalue weighted by atomic mass is 10.2. The summed E-state index contributed by atoms with van der Waals surface area (Å²) in [7, 11) is 1.41. The van der Waals surface area contributed by atoms with E-state index >= 15 is 0 Å². The van der Waals surface area contributed by atoms with Crippen molar-refractivity contribution >= 4 is 33.6 Å². The Morgan fingerprint density at radius 2 is 2.05 bits per heavy atom. The lowest BCUT2D eigenvalue weighted by Gasteiger charge is -2.08. The fourth-order valence-electron chi connectivity index (χ4n) is 2.08. The highest BCUT2D eigenvalue weighted by Crippen LogP contribution is 2.26. The van der Waals surface area contributed by atoms with Crippen molar-refractivity contribution in [3.05, 3.63) is 34.7 Å². The number of hydrogen-bond donors (Lipinski definition) is 1. The number of nitrogens with zero attached hydrogens (tertiary/aromatic N) is 2. The van der Waals surface area contributed by atoms with Gasteiger partial charge in [-0.2, -0.15) is 9.97 Å². The molecular weight excluding hydrogens is 274 g/mol.